The van der Waals surface area contributed by atoms with Gasteiger partial charge in [0, 0.05) is 49.5 Å². The van der Waals surface area contributed by atoms with Crippen LogP contribution in [0.25, 0.3) is 11.0 Å². The molecule has 1 unspecified atom stereocenters. The van der Waals surface area contributed by atoms with Crippen LogP contribution in [0.1, 0.15) is 84.8 Å². The normalized spacial score (nSPS) is 20.8. The number of aromatic nitrogens is 2. The number of aromatic amines is 1. The minimum Gasteiger partial charge on any atom is -0.455 e. The fourth-order valence-electron chi connectivity index (χ4n) is 8.59. The number of amides is 1. The van der Waals surface area contributed by atoms with Crippen molar-refractivity contribution in [3.8, 4) is 11.5 Å². The first kappa shape index (κ1) is 37.6. The molecule has 56 heavy (non-hydrogen) atoms. The van der Waals surface area contributed by atoms with Gasteiger partial charge in [0.15, 0.2) is 0 Å². The predicted molar refractivity (Wildman–Crippen MR) is 213 cm³/mol. The minimum atomic E-state index is -4.52. The maximum absolute atomic E-state index is 13.9. The smallest absolute Gasteiger partial charge is 0.293 e. The van der Waals surface area contributed by atoms with E-state index in [1.807, 2.05) is 18.2 Å². The molecule has 0 bridgehead atoms. The third kappa shape index (κ3) is 8.27. The molecule has 2 saturated heterocycles. The van der Waals surface area contributed by atoms with Crippen LogP contribution in [-0.2, 0) is 14.8 Å². The molecular weight excluding hydrogens is 733 g/mol. The Bertz CT molecular complexity index is 2300. The summed E-state index contributed by atoms with van der Waals surface area (Å²) >= 11 is 0. The lowest BCUT2D eigenvalue weighted by molar-refractivity contribution is -0.384. The van der Waals surface area contributed by atoms with Crippen LogP contribution in [0.3, 0.4) is 0 Å². The van der Waals surface area contributed by atoms with Crippen LogP contribution in [-0.4, -0.2) is 66.5 Å². The monoisotopic (exact) mass is 778 g/mol. The summed E-state index contributed by atoms with van der Waals surface area (Å²) in [6.07, 6.45) is 11.4. The van der Waals surface area contributed by atoms with E-state index >= 15 is 0 Å². The number of nitrogens with one attached hydrogen (secondary N) is 3. The number of hydrogen-bond donors (Lipinski definition) is 3. The number of rotatable bonds is 12. The fraction of sp³-hybridized carbons (Fsp3) is 0.381. The summed E-state index contributed by atoms with van der Waals surface area (Å²) in [6.45, 7) is 2.86. The second kappa shape index (κ2) is 16.4. The van der Waals surface area contributed by atoms with E-state index in [0.29, 0.717) is 43.2 Å². The summed E-state index contributed by atoms with van der Waals surface area (Å²) in [5.74, 6) is 0.173. The minimum absolute atomic E-state index is 0.00666. The first-order chi connectivity index (χ1) is 27.2. The fourth-order valence-corrected chi connectivity index (χ4v) is 9.57. The number of sulfonamides is 1. The summed E-state index contributed by atoms with van der Waals surface area (Å²) in [5.41, 5.74) is 2.88. The molecule has 3 aromatic carbocycles. The van der Waals surface area contributed by atoms with Crippen LogP contribution in [0, 0.1) is 16.0 Å². The van der Waals surface area contributed by atoms with Crippen molar-refractivity contribution in [3.05, 3.63) is 118 Å². The van der Waals surface area contributed by atoms with Gasteiger partial charge in [0.1, 0.15) is 22.8 Å². The number of nitro groups is 1. The molecule has 4 heterocycles. The predicted octanol–water partition coefficient (Wildman–Crippen LogP) is 8.08. The SMILES string of the molecule is O=C(NS(=O)(=O)c1ccc(NCC2CCOCC2)c([N+](=O)[O-])c1)c1ccc(C2CCC(N3CCCC3c3ccccc3)CC2)cc1Oc1cnc2[nH]ccc2c1. The third-order valence-corrected chi connectivity index (χ3v) is 12.9. The molecule has 2 aliphatic heterocycles. The average molecular weight is 779 g/mol. The highest BCUT2D eigenvalue weighted by Gasteiger charge is 2.35. The Morgan fingerprint density at radius 3 is 2.54 bits per heavy atom. The van der Waals surface area contributed by atoms with Crippen molar-refractivity contribution in [2.24, 2.45) is 5.92 Å². The molecule has 3 fully saturated rings. The van der Waals surface area contributed by atoms with Gasteiger partial charge < -0.3 is 19.8 Å². The largest absolute Gasteiger partial charge is 0.455 e. The standard InChI is InChI=1S/C42H46N6O7S/c49-42(46-56(52,53)35-13-15-37(39(25-35)48(50)51)44-26-28-17-21-54-22-18-28)36-14-10-31(24-40(36)55-34-23-32-16-19-43-41(32)45-27-34)29-8-11-33(12-9-29)47-20-4-7-38(47)30-5-2-1-3-6-30/h1-3,5-6,10,13-16,19,23-25,27-29,33,38,44H,4,7-9,11-12,17-18,20-22,26H2,(H,43,45)(H,46,49). The number of anilines is 1. The number of fused-ring (bicyclic) bond motifs is 1. The van der Waals surface area contributed by atoms with Gasteiger partial charge >= 0.3 is 0 Å². The summed E-state index contributed by atoms with van der Waals surface area (Å²) in [7, 11) is -4.52. The van der Waals surface area contributed by atoms with Crippen molar-refractivity contribution in [1.29, 1.82) is 0 Å². The van der Waals surface area contributed by atoms with Crippen LogP contribution in [0.5, 0.6) is 11.5 Å². The van der Waals surface area contributed by atoms with Crippen molar-refractivity contribution in [3.63, 3.8) is 0 Å². The highest BCUT2D eigenvalue weighted by atomic mass is 32.2. The maximum Gasteiger partial charge on any atom is 0.293 e. The molecule has 8 rings (SSSR count). The van der Waals surface area contributed by atoms with Crippen LogP contribution in [0.2, 0.25) is 0 Å². The zero-order chi connectivity index (χ0) is 38.6. The van der Waals surface area contributed by atoms with Crippen molar-refractivity contribution in [2.75, 3.05) is 31.6 Å². The van der Waals surface area contributed by atoms with Crippen molar-refractivity contribution >= 4 is 38.3 Å². The summed E-state index contributed by atoms with van der Waals surface area (Å²) in [5, 5.41) is 16.0. The number of carbonyl (C=O) groups excluding carboxylic acids is 1. The van der Waals surface area contributed by atoms with Gasteiger partial charge in [-0.05, 0) is 117 Å². The molecule has 1 saturated carbocycles. The number of carbonyl (C=O) groups is 1. The molecule has 2 aromatic heterocycles. The third-order valence-electron chi connectivity index (χ3n) is 11.6. The van der Waals surface area contributed by atoms with Crippen LogP contribution in [0.15, 0.2) is 96.2 Å². The molecule has 1 amide bonds. The first-order valence-corrected chi connectivity index (χ1v) is 20.9. The Balaban J connectivity index is 1.01. The van der Waals surface area contributed by atoms with Crippen molar-refractivity contribution in [1.82, 2.24) is 19.6 Å². The summed E-state index contributed by atoms with van der Waals surface area (Å²) in [6, 6.07) is 24.3. The van der Waals surface area contributed by atoms with Crippen LogP contribution < -0.4 is 14.8 Å². The molecular formula is C42H46N6O7S. The molecule has 3 aliphatic rings. The van der Waals surface area contributed by atoms with E-state index in [-0.39, 0.29) is 28.8 Å². The lowest BCUT2D eigenvalue weighted by Gasteiger charge is -2.38. The second-order valence-corrected chi connectivity index (χ2v) is 16.7. The lowest BCUT2D eigenvalue weighted by Crippen LogP contribution is -2.37. The average Bonchev–Trinajstić information content (AvgIpc) is 3.91. The summed E-state index contributed by atoms with van der Waals surface area (Å²) < 4.78 is 41.1. The topological polar surface area (TPSA) is 169 Å². The van der Waals surface area contributed by atoms with E-state index in [1.165, 1.54) is 30.5 Å². The van der Waals surface area contributed by atoms with Gasteiger partial charge in [0.2, 0.25) is 0 Å². The van der Waals surface area contributed by atoms with Gasteiger partial charge in [-0.25, -0.2) is 18.1 Å². The lowest BCUT2D eigenvalue weighted by atomic mass is 9.80. The van der Waals surface area contributed by atoms with Crippen LogP contribution in [0.4, 0.5) is 11.4 Å². The molecule has 14 heteroatoms. The Labute approximate surface area is 326 Å². The zero-order valence-corrected chi connectivity index (χ0v) is 31.9. The Kier molecular flexibility index (Phi) is 11.0. The van der Waals surface area contributed by atoms with E-state index in [4.69, 9.17) is 9.47 Å². The number of hydrogen-bond acceptors (Lipinski definition) is 10. The van der Waals surface area contributed by atoms with Gasteiger partial charge in [-0.2, -0.15) is 0 Å². The number of pyridine rings is 1. The van der Waals surface area contributed by atoms with Crippen LogP contribution >= 0.6 is 0 Å². The zero-order valence-electron chi connectivity index (χ0n) is 31.1. The van der Waals surface area contributed by atoms with Gasteiger partial charge in [-0.1, -0.05) is 36.4 Å². The maximum atomic E-state index is 13.9. The quantitative estimate of drug-likeness (QED) is 0.0832. The Hall–Kier alpha value is -5.31. The number of ether oxygens (including phenoxy) is 2. The first-order valence-electron chi connectivity index (χ1n) is 19.4. The number of H-pyrrole nitrogens is 1. The molecule has 292 valence electrons. The van der Waals surface area contributed by atoms with E-state index in [9.17, 15) is 23.3 Å². The highest BCUT2D eigenvalue weighted by Crippen LogP contribution is 2.42. The Morgan fingerprint density at radius 1 is 0.946 bits per heavy atom. The van der Waals surface area contributed by atoms with Gasteiger partial charge in [-0.15, -0.1) is 0 Å². The summed E-state index contributed by atoms with van der Waals surface area (Å²) in [4.78, 5) is 35.0. The van der Waals surface area contributed by atoms with Gasteiger partial charge in [0.25, 0.3) is 21.6 Å². The highest BCUT2D eigenvalue weighted by molar-refractivity contribution is 7.90. The van der Waals surface area contributed by atoms with E-state index in [0.717, 1.165) is 62.1 Å². The number of likely N-dealkylation sites (tertiary alicyclic amines) is 1. The van der Waals surface area contributed by atoms with Gasteiger partial charge in [-0.3, -0.25) is 19.8 Å². The molecule has 0 radical (unpaired) electrons. The van der Waals surface area contributed by atoms with Gasteiger partial charge in [0.05, 0.1) is 21.6 Å². The Morgan fingerprint density at radius 2 is 1.75 bits per heavy atom. The molecule has 0 spiro atoms. The van der Waals surface area contributed by atoms with Crippen molar-refractivity contribution < 1.29 is 27.6 Å². The number of nitro benzene ring substituents is 1. The molecule has 3 N–H and O–H groups in total. The van der Waals surface area contributed by atoms with E-state index in [1.54, 1.807) is 24.5 Å². The van der Waals surface area contributed by atoms with Crippen molar-refractivity contribution in [2.45, 2.75) is 74.3 Å². The molecule has 5 aromatic rings. The second-order valence-electron chi connectivity index (χ2n) is 15.1. The van der Waals surface area contributed by atoms with E-state index in [2.05, 4.69) is 55.2 Å². The number of benzene rings is 3. The molecule has 1 aliphatic carbocycles. The van der Waals surface area contributed by atoms with E-state index < -0.39 is 31.4 Å². The molecule has 1 atom stereocenters. The molecule has 13 nitrogen and oxygen atoms in total. The number of nitrogens with zero attached hydrogens (tertiary/aromatic N) is 3.